The number of rotatable bonds is 4. The molecule has 0 aliphatic rings. The smallest absolute Gasteiger partial charge is 0.136 e. The van der Waals surface area contributed by atoms with Crippen molar-refractivity contribution in [1.29, 1.82) is 0 Å². The quantitative estimate of drug-likeness (QED) is 0.658. The van der Waals surface area contributed by atoms with E-state index < -0.39 is 5.82 Å². The highest BCUT2D eigenvalue weighted by molar-refractivity contribution is 6.30. The SMILES string of the molecule is COc1cc(F)cc2nc(Cl)cc(OCc3ccccc3)c12. The molecule has 3 nitrogen and oxygen atoms in total. The zero-order valence-electron chi connectivity index (χ0n) is 11.8. The lowest BCUT2D eigenvalue weighted by Gasteiger charge is -2.12. The number of aromatic nitrogens is 1. The molecule has 0 saturated heterocycles. The van der Waals surface area contributed by atoms with Crippen molar-refractivity contribution in [2.75, 3.05) is 7.11 Å². The van der Waals surface area contributed by atoms with Crippen LogP contribution in [0.25, 0.3) is 10.9 Å². The molecule has 0 N–H and O–H groups in total. The van der Waals surface area contributed by atoms with Gasteiger partial charge in [-0.25, -0.2) is 9.37 Å². The zero-order valence-corrected chi connectivity index (χ0v) is 12.6. The van der Waals surface area contributed by atoms with Crippen molar-refractivity contribution in [3.63, 3.8) is 0 Å². The molecule has 0 radical (unpaired) electrons. The van der Waals surface area contributed by atoms with E-state index in [4.69, 9.17) is 21.1 Å². The zero-order chi connectivity index (χ0) is 15.5. The maximum Gasteiger partial charge on any atom is 0.136 e. The molecule has 5 heteroatoms. The van der Waals surface area contributed by atoms with Gasteiger partial charge in [-0.15, -0.1) is 0 Å². The number of benzene rings is 2. The van der Waals surface area contributed by atoms with Crippen molar-refractivity contribution >= 4 is 22.5 Å². The third-order valence-corrected chi connectivity index (χ3v) is 3.42. The van der Waals surface area contributed by atoms with E-state index in [9.17, 15) is 4.39 Å². The second-order valence-corrected chi connectivity index (χ2v) is 5.11. The number of halogens is 2. The van der Waals surface area contributed by atoms with E-state index in [1.54, 1.807) is 6.07 Å². The van der Waals surface area contributed by atoms with Crippen LogP contribution in [0.3, 0.4) is 0 Å². The van der Waals surface area contributed by atoms with Gasteiger partial charge in [0.2, 0.25) is 0 Å². The average molecular weight is 318 g/mol. The molecule has 0 saturated carbocycles. The Morgan fingerprint density at radius 1 is 1.09 bits per heavy atom. The van der Waals surface area contributed by atoms with Gasteiger partial charge in [0.05, 0.1) is 18.0 Å². The van der Waals surface area contributed by atoms with Crippen LogP contribution in [0.2, 0.25) is 5.15 Å². The molecule has 2 aromatic carbocycles. The summed E-state index contributed by atoms with van der Waals surface area (Å²) in [7, 11) is 1.48. The largest absolute Gasteiger partial charge is 0.496 e. The lowest BCUT2D eigenvalue weighted by atomic mass is 10.1. The predicted molar refractivity (Wildman–Crippen MR) is 84.0 cm³/mol. The first-order valence-corrected chi connectivity index (χ1v) is 7.05. The normalized spacial score (nSPS) is 10.7. The molecule has 0 spiro atoms. The molecule has 1 aromatic heterocycles. The van der Waals surface area contributed by atoms with Gasteiger partial charge in [0.15, 0.2) is 0 Å². The van der Waals surface area contributed by atoms with Gasteiger partial charge in [-0.2, -0.15) is 0 Å². The van der Waals surface area contributed by atoms with Crippen molar-refractivity contribution in [3.05, 3.63) is 65.1 Å². The Kier molecular flexibility index (Phi) is 4.11. The van der Waals surface area contributed by atoms with E-state index in [1.165, 1.54) is 19.2 Å². The number of ether oxygens (including phenoxy) is 2. The highest BCUT2D eigenvalue weighted by Gasteiger charge is 2.13. The van der Waals surface area contributed by atoms with Gasteiger partial charge in [-0.05, 0) is 5.56 Å². The summed E-state index contributed by atoms with van der Waals surface area (Å²) in [5.74, 6) is 0.436. The summed E-state index contributed by atoms with van der Waals surface area (Å²) < 4.78 is 24.7. The van der Waals surface area contributed by atoms with Crippen LogP contribution in [-0.2, 0) is 6.61 Å². The lowest BCUT2D eigenvalue weighted by molar-refractivity contribution is 0.308. The van der Waals surface area contributed by atoms with Crippen LogP contribution in [0, 0.1) is 5.82 Å². The molecular weight excluding hydrogens is 305 g/mol. The standard InChI is InChI=1S/C17H13ClFNO2/c1-21-14-8-12(19)7-13-17(14)15(9-16(18)20-13)22-10-11-5-3-2-4-6-11/h2-9H,10H2,1H3. The number of methoxy groups -OCH3 is 1. The van der Waals surface area contributed by atoms with Crippen molar-refractivity contribution < 1.29 is 13.9 Å². The molecule has 0 amide bonds. The Hall–Kier alpha value is -2.33. The number of hydrogen-bond donors (Lipinski definition) is 0. The maximum atomic E-state index is 13.6. The average Bonchev–Trinajstić information content (AvgIpc) is 2.52. The predicted octanol–water partition coefficient (Wildman–Crippen LogP) is 4.61. The highest BCUT2D eigenvalue weighted by Crippen LogP contribution is 2.36. The van der Waals surface area contributed by atoms with Crippen molar-refractivity contribution in [3.8, 4) is 11.5 Å². The van der Waals surface area contributed by atoms with E-state index in [0.717, 1.165) is 5.56 Å². The minimum Gasteiger partial charge on any atom is -0.496 e. The van der Waals surface area contributed by atoms with E-state index in [1.807, 2.05) is 30.3 Å². The molecule has 3 aromatic rings. The Morgan fingerprint density at radius 3 is 2.59 bits per heavy atom. The third-order valence-electron chi connectivity index (χ3n) is 3.23. The summed E-state index contributed by atoms with van der Waals surface area (Å²) in [6.07, 6.45) is 0. The van der Waals surface area contributed by atoms with Gasteiger partial charge in [-0.1, -0.05) is 41.9 Å². The fraction of sp³-hybridized carbons (Fsp3) is 0.118. The van der Waals surface area contributed by atoms with Crippen LogP contribution in [0.1, 0.15) is 5.56 Å². The van der Waals surface area contributed by atoms with Crippen LogP contribution in [0.5, 0.6) is 11.5 Å². The van der Waals surface area contributed by atoms with Gasteiger partial charge in [-0.3, -0.25) is 0 Å². The summed E-state index contributed by atoms with van der Waals surface area (Å²) in [5, 5.41) is 0.840. The van der Waals surface area contributed by atoms with Gasteiger partial charge in [0.1, 0.15) is 29.1 Å². The van der Waals surface area contributed by atoms with Crippen molar-refractivity contribution in [1.82, 2.24) is 4.98 Å². The molecule has 3 rings (SSSR count). The van der Waals surface area contributed by atoms with Crippen LogP contribution in [0.4, 0.5) is 4.39 Å². The Bertz CT molecular complexity index is 803. The molecule has 112 valence electrons. The molecule has 0 aliphatic carbocycles. The first-order chi connectivity index (χ1) is 10.7. The van der Waals surface area contributed by atoms with Gasteiger partial charge in [0.25, 0.3) is 0 Å². The van der Waals surface area contributed by atoms with Crippen LogP contribution < -0.4 is 9.47 Å². The fourth-order valence-corrected chi connectivity index (χ4v) is 2.43. The van der Waals surface area contributed by atoms with Gasteiger partial charge < -0.3 is 9.47 Å². The van der Waals surface area contributed by atoms with Crippen molar-refractivity contribution in [2.24, 2.45) is 0 Å². The lowest BCUT2D eigenvalue weighted by Crippen LogP contribution is -1.98. The summed E-state index contributed by atoms with van der Waals surface area (Å²) in [6.45, 7) is 0.372. The molecule has 22 heavy (non-hydrogen) atoms. The van der Waals surface area contributed by atoms with E-state index >= 15 is 0 Å². The number of nitrogens with zero attached hydrogens (tertiary/aromatic N) is 1. The summed E-state index contributed by atoms with van der Waals surface area (Å²) in [5.41, 5.74) is 1.41. The van der Waals surface area contributed by atoms with E-state index in [-0.39, 0.29) is 5.15 Å². The summed E-state index contributed by atoms with van der Waals surface area (Å²) >= 11 is 6.00. The molecule has 0 unspecified atom stereocenters. The van der Waals surface area contributed by atoms with E-state index in [2.05, 4.69) is 4.98 Å². The van der Waals surface area contributed by atoms with E-state index in [0.29, 0.717) is 29.0 Å². The highest BCUT2D eigenvalue weighted by atomic mass is 35.5. The molecular formula is C17H13ClFNO2. The first-order valence-electron chi connectivity index (χ1n) is 6.68. The third kappa shape index (κ3) is 2.97. The number of hydrogen-bond acceptors (Lipinski definition) is 3. The van der Waals surface area contributed by atoms with Crippen molar-refractivity contribution in [2.45, 2.75) is 6.61 Å². The molecule has 0 atom stereocenters. The maximum absolute atomic E-state index is 13.6. The summed E-state index contributed by atoms with van der Waals surface area (Å²) in [4.78, 5) is 4.13. The van der Waals surface area contributed by atoms with Crippen LogP contribution >= 0.6 is 11.6 Å². The summed E-state index contributed by atoms with van der Waals surface area (Å²) in [6, 6.07) is 13.9. The van der Waals surface area contributed by atoms with Crippen LogP contribution in [0.15, 0.2) is 48.5 Å². The van der Waals surface area contributed by atoms with Crippen LogP contribution in [-0.4, -0.2) is 12.1 Å². The molecule has 0 fully saturated rings. The minimum absolute atomic E-state index is 0.239. The monoisotopic (exact) mass is 317 g/mol. The fourth-order valence-electron chi connectivity index (χ4n) is 2.24. The Balaban J connectivity index is 2.04. The van der Waals surface area contributed by atoms with Gasteiger partial charge in [0, 0.05) is 18.2 Å². The Morgan fingerprint density at radius 2 is 1.86 bits per heavy atom. The molecule has 0 bridgehead atoms. The topological polar surface area (TPSA) is 31.4 Å². The molecule has 1 heterocycles. The first kappa shape index (κ1) is 14.6. The number of pyridine rings is 1. The minimum atomic E-state index is -0.437. The Labute approximate surface area is 132 Å². The second kappa shape index (κ2) is 6.20. The van der Waals surface area contributed by atoms with Gasteiger partial charge >= 0.3 is 0 Å². The number of fused-ring (bicyclic) bond motifs is 1. The molecule has 0 aliphatic heterocycles. The second-order valence-electron chi connectivity index (χ2n) is 4.72.